The van der Waals surface area contributed by atoms with Crippen molar-refractivity contribution in [2.75, 3.05) is 78.5 Å². The van der Waals surface area contributed by atoms with E-state index in [2.05, 4.69) is 5.92 Å². The molecule has 10 heteroatoms. The molecule has 1 heterocycles. The standard InChI is InChI=1S/C17H28N4O6/c1-2-3-18-4-6-19(12-15(22)23)8-10-21(14-17(26)27)11-9-20(7-5-18)13-16(24)25/h1H,3-14H2,(H,22,23)(H,24,25)(H,26,27). The van der Waals surface area contributed by atoms with E-state index in [4.69, 9.17) is 21.7 Å². The van der Waals surface area contributed by atoms with Crippen LogP contribution >= 0.6 is 0 Å². The van der Waals surface area contributed by atoms with E-state index in [-0.39, 0.29) is 19.6 Å². The molecular weight excluding hydrogens is 356 g/mol. The molecule has 0 aliphatic carbocycles. The first-order valence-corrected chi connectivity index (χ1v) is 8.78. The zero-order chi connectivity index (χ0) is 20.2. The molecule has 0 spiro atoms. The van der Waals surface area contributed by atoms with Gasteiger partial charge in [-0.2, -0.15) is 0 Å². The third-order valence-corrected chi connectivity index (χ3v) is 4.32. The maximum absolute atomic E-state index is 11.1. The largest absolute Gasteiger partial charge is 0.480 e. The molecule has 1 saturated heterocycles. The average Bonchev–Trinajstić information content (AvgIpc) is 2.56. The average molecular weight is 384 g/mol. The van der Waals surface area contributed by atoms with E-state index in [9.17, 15) is 14.4 Å². The molecule has 1 aliphatic rings. The Morgan fingerprint density at radius 3 is 1.11 bits per heavy atom. The van der Waals surface area contributed by atoms with E-state index < -0.39 is 17.9 Å². The predicted molar refractivity (Wildman–Crippen MR) is 97.5 cm³/mol. The fraction of sp³-hybridized carbons (Fsp3) is 0.706. The van der Waals surface area contributed by atoms with Crippen molar-refractivity contribution in [3.63, 3.8) is 0 Å². The number of terminal acetylenes is 1. The van der Waals surface area contributed by atoms with Gasteiger partial charge in [0.1, 0.15) is 0 Å². The predicted octanol–water partition coefficient (Wildman–Crippen LogP) is -1.90. The lowest BCUT2D eigenvalue weighted by Crippen LogP contribution is -2.48. The van der Waals surface area contributed by atoms with Crippen LogP contribution in [0.25, 0.3) is 0 Å². The van der Waals surface area contributed by atoms with Crippen LogP contribution in [-0.2, 0) is 14.4 Å². The highest BCUT2D eigenvalue weighted by Crippen LogP contribution is 2.01. The van der Waals surface area contributed by atoms with Gasteiger partial charge in [-0.1, -0.05) is 5.92 Å². The first kappa shape index (κ1) is 22.9. The molecule has 27 heavy (non-hydrogen) atoms. The Bertz CT molecular complexity index is 518. The molecule has 0 aromatic rings. The molecule has 0 aromatic carbocycles. The van der Waals surface area contributed by atoms with Gasteiger partial charge in [0, 0.05) is 52.4 Å². The Morgan fingerprint density at radius 1 is 0.630 bits per heavy atom. The Morgan fingerprint density at radius 2 is 0.889 bits per heavy atom. The van der Waals surface area contributed by atoms with Crippen molar-refractivity contribution in [1.82, 2.24) is 19.6 Å². The van der Waals surface area contributed by atoms with Gasteiger partial charge in [0.15, 0.2) is 0 Å². The summed E-state index contributed by atoms with van der Waals surface area (Å²) in [4.78, 5) is 40.5. The smallest absolute Gasteiger partial charge is 0.317 e. The third-order valence-electron chi connectivity index (χ3n) is 4.32. The van der Waals surface area contributed by atoms with Crippen molar-refractivity contribution in [1.29, 1.82) is 0 Å². The topological polar surface area (TPSA) is 125 Å². The van der Waals surface area contributed by atoms with Crippen LogP contribution in [0.2, 0.25) is 0 Å². The summed E-state index contributed by atoms with van der Waals surface area (Å²) in [6.45, 7) is 3.61. The summed E-state index contributed by atoms with van der Waals surface area (Å²) in [7, 11) is 0. The summed E-state index contributed by atoms with van der Waals surface area (Å²) >= 11 is 0. The molecule has 0 amide bonds. The van der Waals surface area contributed by atoms with Gasteiger partial charge in [0.05, 0.1) is 26.2 Å². The Kier molecular flexibility index (Phi) is 10.4. The number of carboxylic acid groups (broad SMARTS) is 3. The minimum absolute atomic E-state index is 0.129. The molecular formula is C17H28N4O6. The van der Waals surface area contributed by atoms with Crippen LogP contribution in [0.15, 0.2) is 0 Å². The second kappa shape index (κ2) is 12.2. The second-order valence-corrected chi connectivity index (χ2v) is 6.49. The van der Waals surface area contributed by atoms with Gasteiger partial charge in [0.25, 0.3) is 0 Å². The van der Waals surface area contributed by atoms with Crippen molar-refractivity contribution in [2.24, 2.45) is 0 Å². The molecule has 1 rings (SSSR count). The first-order valence-electron chi connectivity index (χ1n) is 8.78. The van der Waals surface area contributed by atoms with Gasteiger partial charge in [0.2, 0.25) is 0 Å². The van der Waals surface area contributed by atoms with Crippen LogP contribution in [0.1, 0.15) is 0 Å². The first-order chi connectivity index (χ1) is 12.8. The lowest BCUT2D eigenvalue weighted by Gasteiger charge is -2.32. The molecule has 0 aromatic heterocycles. The van der Waals surface area contributed by atoms with Crippen LogP contribution in [0.4, 0.5) is 0 Å². The van der Waals surface area contributed by atoms with Gasteiger partial charge in [-0.3, -0.25) is 34.0 Å². The monoisotopic (exact) mass is 384 g/mol. The van der Waals surface area contributed by atoms with Gasteiger partial charge < -0.3 is 15.3 Å². The second-order valence-electron chi connectivity index (χ2n) is 6.49. The Labute approximate surface area is 158 Å². The van der Waals surface area contributed by atoms with E-state index in [0.717, 1.165) is 0 Å². The Hall–Kier alpha value is -2.19. The Balaban J connectivity index is 2.87. The summed E-state index contributed by atoms with van der Waals surface area (Å²) in [5, 5.41) is 27.3. The van der Waals surface area contributed by atoms with Crippen LogP contribution in [0, 0.1) is 12.3 Å². The molecule has 0 radical (unpaired) electrons. The summed E-state index contributed by atoms with van der Waals surface area (Å²) in [5.74, 6) is -0.286. The molecule has 1 aliphatic heterocycles. The van der Waals surface area contributed by atoms with E-state index >= 15 is 0 Å². The molecule has 0 saturated carbocycles. The zero-order valence-electron chi connectivity index (χ0n) is 15.4. The number of aliphatic carboxylic acids is 3. The molecule has 0 bridgehead atoms. The highest BCUT2D eigenvalue weighted by Gasteiger charge is 2.19. The van der Waals surface area contributed by atoms with Gasteiger partial charge in [-0.15, -0.1) is 6.42 Å². The lowest BCUT2D eigenvalue weighted by atomic mass is 10.3. The number of carboxylic acids is 3. The highest BCUT2D eigenvalue weighted by atomic mass is 16.4. The van der Waals surface area contributed by atoms with Crippen LogP contribution in [0.3, 0.4) is 0 Å². The van der Waals surface area contributed by atoms with Crippen LogP contribution in [0.5, 0.6) is 0 Å². The van der Waals surface area contributed by atoms with Crippen molar-refractivity contribution >= 4 is 17.9 Å². The minimum atomic E-state index is -0.975. The number of hydrogen-bond donors (Lipinski definition) is 3. The van der Waals surface area contributed by atoms with E-state index in [1.807, 2.05) is 4.90 Å². The third kappa shape index (κ3) is 10.5. The van der Waals surface area contributed by atoms with Gasteiger partial charge in [-0.05, 0) is 0 Å². The maximum Gasteiger partial charge on any atom is 0.317 e. The number of rotatable bonds is 7. The van der Waals surface area contributed by atoms with Gasteiger partial charge >= 0.3 is 17.9 Å². The van der Waals surface area contributed by atoms with Crippen LogP contribution < -0.4 is 0 Å². The summed E-state index contributed by atoms with van der Waals surface area (Å²) < 4.78 is 0. The maximum atomic E-state index is 11.1. The quantitative estimate of drug-likeness (QED) is 0.428. The number of carbonyl (C=O) groups is 3. The van der Waals surface area contributed by atoms with Gasteiger partial charge in [-0.25, -0.2) is 0 Å². The molecule has 152 valence electrons. The molecule has 3 N–H and O–H groups in total. The summed E-state index contributed by atoms with van der Waals surface area (Å²) in [5.41, 5.74) is 0. The zero-order valence-corrected chi connectivity index (χ0v) is 15.4. The normalized spacial score (nSPS) is 19.5. The number of nitrogens with zero attached hydrogens (tertiary/aromatic N) is 4. The highest BCUT2D eigenvalue weighted by molar-refractivity contribution is 5.69. The summed E-state index contributed by atoms with van der Waals surface area (Å²) in [6, 6.07) is 0. The van der Waals surface area contributed by atoms with Crippen molar-refractivity contribution < 1.29 is 29.7 Å². The van der Waals surface area contributed by atoms with Crippen molar-refractivity contribution in [2.45, 2.75) is 0 Å². The fourth-order valence-corrected chi connectivity index (χ4v) is 2.91. The van der Waals surface area contributed by atoms with E-state index in [1.165, 1.54) is 0 Å². The molecule has 1 fully saturated rings. The minimum Gasteiger partial charge on any atom is -0.480 e. The van der Waals surface area contributed by atoms with Crippen LogP contribution in [-0.4, -0.2) is 131 Å². The molecule has 10 nitrogen and oxygen atoms in total. The number of hydrogen-bond acceptors (Lipinski definition) is 7. The lowest BCUT2D eigenvalue weighted by molar-refractivity contribution is -0.140. The van der Waals surface area contributed by atoms with E-state index in [0.29, 0.717) is 58.9 Å². The summed E-state index contributed by atoms with van der Waals surface area (Å²) in [6.07, 6.45) is 5.40. The molecule has 0 unspecified atom stereocenters. The fourth-order valence-electron chi connectivity index (χ4n) is 2.91. The molecule has 0 atom stereocenters. The van der Waals surface area contributed by atoms with E-state index in [1.54, 1.807) is 14.7 Å². The van der Waals surface area contributed by atoms with Crippen molar-refractivity contribution in [3.8, 4) is 12.3 Å². The van der Waals surface area contributed by atoms with Crippen molar-refractivity contribution in [3.05, 3.63) is 0 Å². The SMILES string of the molecule is C#CCN1CCN(CC(=O)O)CCN(CC(=O)O)CCN(CC(=O)O)CC1.